The summed E-state index contributed by atoms with van der Waals surface area (Å²) in [5.74, 6) is 0. The number of aromatic amines is 2. The van der Waals surface area contributed by atoms with E-state index in [0.29, 0.717) is 16.4 Å². The van der Waals surface area contributed by atoms with Crippen molar-refractivity contribution >= 4 is 34.5 Å². The molecule has 0 atom stereocenters. The van der Waals surface area contributed by atoms with Crippen molar-refractivity contribution in [2.75, 3.05) is 0 Å². The molecule has 0 aliphatic rings. The number of aliphatic imine (C=N–C) groups is 1. The van der Waals surface area contributed by atoms with Gasteiger partial charge in [0.2, 0.25) is 0 Å². The van der Waals surface area contributed by atoms with Crippen LogP contribution in [0.3, 0.4) is 0 Å². The Morgan fingerprint density at radius 2 is 1.88 bits per heavy atom. The predicted molar refractivity (Wildman–Crippen MR) is 99.5 cm³/mol. The maximum absolute atomic E-state index is 11.3. The second kappa shape index (κ2) is 6.07. The summed E-state index contributed by atoms with van der Waals surface area (Å²) < 4.78 is 1.69. The Labute approximate surface area is 147 Å². The first-order valence-electron chi connectivity index (χ1n) is 7.68. The van der Waals surface area contributed by atoms with Crippen LogP contribution in [0.2, 0.25) is 5.15 Å². The number of halogens is 1. The van der Waals surface area contributed by atoms with Gasteiger partial charge < -0.3 is 9.97 Å². The van der Waals surface area contributed by atoms with Crippen LogP contribution in [-0.4, -0.2) is 26.0 Å². The second-order valence-electron chi connectivity index (χ2n) is 5.60. The first-order chi connectivity index (χ1) is 12.1. The molecule has 0 saturated carbocycles. The summed E-state index contributed by atoms with van der Waals surface area (Å²) in [7, 11) is 0. The third-order valence-corrected chi connectivity index (χ3v) is 4.25. The molecule has 0 spiro atoms. The van der Waals surface area contributed by atoms with Crippen LogP contribution in [-0.2, 0) is 0 Å². The number of aromatic nitrogens is 4. The van der Waals surface area contributed by atoms with Crippen molar-refractivity contribution < 1.29 is 0 Å². The van der Waals surface area contributed by atoms with Gasteiger partial charge >= 0.3 is 5.69 Å². The smallest absolute Gasteiger partial charge is 0.306 e. The molecule has 0 aliphatic carbocycles. The quantitative estimate of drug-likeness (QED) is 0.551. The lowest BCUT2D eigenvalue weighted by Gasteiger charge is -2.01. The highest BCUT2D eigenvalue weighted by Crippen LogP contribution is 2.23. The molecule has 0 aliphatic heterocycles. The van der Waals surface area contributed by atoms with Gasteiger partial charge in [0, 0.05) is 6.21 Å². The van der Waals surface area contributed by atoms with Gasteiger partial charge in [-0.2, -0.15) is 5.10 Å². The molecule has 0 amide bonds. The fourth-order valence-corrected chi connectivity index (χ4v) is 2.96. The number of nitrogens with one attached hydrogen (secondary N) is 2. The maximum Gasteiger partial charge on any atom is 0.323 e. The third-order valence-electron chi connectivity index (χ3n) is 3.89. The Morgan fingerprint density at radius 3 is 2.68 bits per heavy atom. The molecule has 0 unspecified atom stereocenters. The van der Waals surface area contributed by atoms with Crippen LogP contribution in [0.4, 0.5) is 5.69 Å². The molecule has 25 heavy (non-hydrogen) atoms. The average molecular weight is 352 g/mol. The summed E-state index contributed by atoms with van der Waals surface area (Å²) >= 11 is 6.49. The number of rotatable bonds is 3. The van der Waals surface area contributed by atoms with Crippen LogP contribution in [0.1, 0.15) is 11.3 Å². The van der Waals surface area contributed by atoms with E-state index in [-0.39, 0.29) is 5.69 Å². The van der Waals surface area contributed by atoms with E-state index in [2.05, 4.69) is 20.1 Å². The summed E-state index contributed by atoms with van der Waals surface area (Å²) in [4.78, 5) is 21.2. The molecule has 4 rings (SSSR count). The van der Waals surface area contributed by atoms with Crippen molar-refractivity contribution in [3.05, 3.63) is 75.4 Å². The van der Waals surface area contributed by atoms with Crippen LogP contribution in [0.5, 0.6) is 0 Å². The third kappa shape index (κ3) is 2.88. The van der Waals surface area contributed by atoms with Gasteiger partial charge in [-0.15, -0.1) is 0 Å². The van der Waals surface area contributed by atoms with Gasteiger partial charge in [-0.1, -0.05) is 29.8 Å². The van der Waals surface area contributed by atoms with E-state index in [0.717, 1.165) is 22.5 Å². The SMILES string of the molecule is Cc1nn(-c2ccccc2)c(Cl)c1C=Nc1ccc2[nH]c(=O)[nH]c2c1. The largest absolute Gasteiger partial charge is 0.323 e. The van der Waals surface area contributed by atoms with Crippen molar-refractivity contribution in [3.63, 3.8) is 0 Å². The van der Waals surface area contributed by atoms with E-state index in [1.165, 1.54) is 0 Å². The Hall–Kier alpha value is -3.12. The number of nitrogens with zero attached hydrogens (tertiary/aromatic N) is 3. The zero-order valence-corrected chi connectivity index (χ0v) is 14.1. The molecule has 2 aromatic carbocycles. The zero-order valence-electron chi connectivity index (χ0n) is 13.3. The number of aryl methyl sites for hydroxylation is 1. The van der Waals surface area contributed by atoms with Crippen molar-refractivity contribution in [2.24, 2.45) is 4.99 Å². The highest BCUT2D eigenvalue weighted by Gasteiger charge is 2.12. The van der Waals surface area contributed by atoms with Crippen LogP contribution >= 0.6 is 11.6 Å². The van der Waals surface area contributed by atoms with Gasteiger partial charge in [-0.25, -0.2) is 9.48 Å². The Kier molecular flexibility index (Phi) is 3.74. The molecule has 0 saturated heterocycles. The van der Waals surface area contributed by atoms with Gasteiger partial charge in [0.05, 0.1) is 33.7 Å². The predicted octanol–water partition coefficient (Wildman–Crippen LogP) is 3.75. The molecule has 2 heterocycles. The molecular formula is C18H14ClN5O. The minimum Gasteiger partial charge on any atom is -0.306 e. The van der Waals surface area contributed by atoms with Crippen molar-refractivity contribution in [1.82, 2.24) is 19.7 Å². The minimum absolute atomic E-state index is 0.237. The van der Waals surface area contributed by atoms with Gasteiger partial charge in [0.15, 0.2) is 0 Å². The van der Waals surface area contributed by atoms with Crippen LogP contribution in [0, 0.1) is 6.92 Å². The highest BCUT2D eigenvalue weighted by molar-refractivity contribution is 6.32. The average Bonchev–Trinajstić information content (AvgIpc) is 3.12. The number of benzene rings is 2. The molecule has 7 heteroatoms. The van der Waals surface area contributed by atoms with Crippen molar-refractivity contribution in [1.29, 1.82) is 0 Å². The molecule has 2 aromatic heterocycles. The van der Waals surface area contributed by atoms with Crippen molar-refractivity contribution in [3.8, 4) is 5.69 Å². The van der Waals surface area contributed by atoms with Gasteiger partial charge in [-0.05, 0) is 37.3 Å². The number of fused-ring (bicyclic) bond motifs is 1. The first kappa shape index (κ1) is 15.4. The first-order valence-corrected chi connectivity index (χ1v) is 8.06. The number of hydrogen-bond acceptors (Lipinski definition) is 3. The highest BCUT2D eigenvalue weighted by atomic mass is 35.5. The van der Waals surface area contributed by atoms with E-state index >= 15 is 0 Å². The van der Waals surface area contributed by atoms with E-state index in [4.69, 9.17) is 11.6 Å². The summed E-state index contributed by atoms with van der Waals surface area (Å²) in [6.07, 6.45) is 1.69. The molecule has 0 fully saturated rings. The van der Waals surface area contributed by atoms with E-state index in [9.17, 15) is 4.79 Å². The lowest BCUT2D eigenvalue weighted by Crippen LogP contribution is -1.99. The Bertz CT molecular complexity index is 1140. The van der Waals surface area contributed by atoms with Crippen LogP contribution in [0.25, 0.3) is 16.7 Å². The molecule has 0 radical (unpaired) electrons. The number of para-hydroxylation sites is 1. The van der Waals surface area contributed by atoms with Gasteiger partial charge in [0.1, 0.15) is 5.15 Å². The van der Waals surface area contributed by atoms with Crippen LogP contribution in [0.15, 0.2) is 58.3 Å². The fraction of sp³-hybridized carbons (Fsp3) is 0.0556. The lowest BCUT2D eigenvalue weighted by atomic mass is 10.2. The summed E-state index contributed by atoms with van der Waals surface area (Å²) in [5, 5.41) is 4.99. The van der Waals surface area contributed by atoms with Crippen molar-refractivity contribution in [2.45, 2.75) is 6.92 Å². The maximum atomic E-state index is 11.3. The molecular weight excluding hydrogens is 338 g/mol. The van der Waals surface area contributed by atoms with Gasteiger partial charge in [-0.3, -0.25) is 4.99 Å². The normalized spacial score (nSPS) is 11.6. The monoisotopic (exact) mass is 351 g/mol. The zero-order chi connectivity index (χ0) is 17.4. The lowest BCUT2D eigenvalue weighted by molar-refractivity contribution is 0.863. The topological polar surface area (TPSA) is 78.8 Å². The van der Waals surface area contributed by atoms with Crippen LogP contribution < -0.4 is 5.69 Å². The van der Waals surface area contributed by atoms with E-state index < -0.39 is 0 Å². The minimum atomic E-state index is -0.237. The molecule has 2 N–H and O–H groups in total. The summed E-state index contributed by atoms with van der Waals surface area (Å²) in [6, 6.07) is 15.1. The number of H-pyrrole nitrogens is 2. The second-order valence-corrected chi connectivity index (χ2v) is 5.96. The van der Waals surface area contributed by atoms with E-state index in [1.54, 1.807) is 17.0 Å². The number of imidazole rings is 1. The van der Waals surface area contributed by atoms with E-state index in [1.807, 2.05) is 49.4 Å². The summed E-state index contributed by atoms with van der Waals surface area (Å²) in [6.45, 7) is 1.89. The van der Waals surface area contributed by atoms with Gasteiger partial charge in [0.25, 0.3) is 0 Å². The molecule has 6 nitrogen and oxygen atoms in total. The standard InChI is InChI=1S/C18H14ClN5O/c1-11-14(17(19)24(23-11)13-5-3-2-4-6-13)10-20-12-7-8-15-16(9-12)22-18(25)21-15/h2-10H,1H3,(H2,21,22,25). The summed E-state index contributed by atoms with van der Waals surface area (Å²) in [5.41, 5.74) is 4.37. The molecule has 124 valence electrons. The Morgan fingerprint density at radius 1 is 1.12 bits per heavy atom. The fourth-order valence-electron chi connectivity index (χ4n) is 2.64. The Balaban J connectivity index is 1.71. The number of hydrogen-bond donors (Lipinski definition) is 2. The molecule has 0 bridgehead atoms. The molecule has 4 aromatic rings.